The fraction of sp³-hybridized carbons (Fsp3) is 0.475. The van der Waals surface area contributed by atoms with Crippen molar-refractivity contribution in [2.24, 2.45) is 0 Å². The molecule has 1 fully saturated rings. The molecule has 7 nitrogen and oxygen atoms in total. The Kier molecular flexibility index (Phi) is 20.2. The highest BCUT2D eigenvalue weighted by Gasteiger charge is 2.70. The predicted molar refractivity (Wildman–Crippen MR) is 297 cm³/mol. The molecule has 1 aromatic heterocycles. The van der Waals surface area contributed by atoms with E-state index in [1.165, 1.54) is 23.5 Å². The van der Waals surface area contributed by atoms with Crippen LogP contribution in [-0.2, 0) is 36.1 Å². The van der Waals surface area contributed by atoms with Gasteiger partial charge in [-0.3, -0.25) is 4.79 Å². The fourth-order valence-corrected chi connectivity index (χ4v) is 11.1. The van der Waals surface area contributed by atoms with E-state index in [-0.39, 0.29) is 35.7 Å². The van der Waals surface area contributed by atoms with Crippen LogP contribution < -0.4 is 5.46 Å². The molecule has 4 aromatic carbocycles. The van der Waals surface area contributed by atoms with Crippen molar-refractivity contribution in [2.75, 3.05) is 6.61 Å². The lowest BCUT2D eigenvalue weighted by atomic mass is 9.68. The van der Waals surface area contributed by atoms with Crippen LogP contribution in [0, 0.1) is 27.7 Å². The van der Waals surface area contributed by atoms with Gasteiger partial charge in [-0.2, -0.15) is 52.7 Å². The van der Waals surface area contributed by atoms with Crippen LogP contribution in [0.1, 0.15) is 149 Å². The highest BCUT2D eigenvalue weighted by molar-refractivity contribution is 7.13. The van der Waals surface area contributed by atoms with Crippen molar-refractivity contribution in [2.45, 2.75) is 180 Å². The van der Waals surface area contributed by atoms with Gasteiger partial charge in [0.25, 0.3) is 11.2 Å². The van der Waals surface area contributed by atoms with E-state index in [1.54, 1.807) is 45.0 Å². The molecule has 0 aliphatic carbocycles. The van der Waals surface area contributed by atoms with Crippen LogP contribution >= 0.6 is 11.3 Å². The number of aliphatic hydroxyl groups is 2. The van der Waals surface area contributed by atoms with Gasteiger partial charge >= 0.3 is 37.8 Å². The zero-order chi connectivity index (χ0) is 62.0. The maximum Gasteiger partial charge on any atom is 0.495 e. The second-order valence-electron chi connectivity index (χ2n) is 21.7. The summed E-state index contributed by atoms with van der Waals surface area (Å²) in [4.78, 5) is 16.4. The number of halogens is 12. The summed E-state index contributed by atoms with van der Waals surface area (Å²) in [7, 11) is -0.517. The van der Waals surface area contributed by atoms with Crippen molar-refractivity contribution in [1.82, 2.24) is 4.98 Å². The van der Waals surface area contributed by atoms with Gasteiger partial charge in [0, 0.05) is 21.8 Å². The molecule has 1 aliphatic rings. The van der Waals surface area contributed by atoms with Crippen LogP contribution in [0.2, 0.25) is 0 Å². The number of thiazole rings is 1. The lowest BCUT2D eigenvalue weighted by molar-refractivity contribution is -0.348. The molecule has 0 amide bonds. The molecule has 0 spiro atoms. The number of aryl methyl sites for hydroxylation is 4. The average Bonchev–Trinajstić information content (AvgIpc) is 4.09. The van der Waals surface area contributed by atoms with Crippen LogP contribution in [0.5, 0.6) is 0 Å². The number of carbonyl (C=O) groups excluding carboxylic acids is 1. The molecule has 0 unspecified atom stereocenters. The molecule has 2 heterocycles. The summed E-state index contributed by atoms with van der Waals surface area (Å²) < 4.78 is 175. The number of benzene rings is 4. The van der Waals surface area contributed by atoms with Crippen molar-refractivity contribution in [3.63, 3.8) is 0 Å². The van der Waals surface area contributed by atoms with Crippen LogP contribution in [0.3, 0.4) is 0 Å². The van der Waals surface area contributed by atoms with Crippen molar-refractivity contribution in [1.29, 1.82) is 0 Å². The molecule has 0 radical (unpaired) electrons. The number of alkyl halides is 12. The van der Waals surface area contributed by atoms with E-state index < -0.39 is 65.1 Å². The smallest absolute Gasteiger partial charge is 0.466 e. The molecule has 0 atom stereocenters. The maximum absolute atomic E-state index is 13.1. The maximum atomic E-state index is 13.1. The Morgan fingerprint density at radius 1 is 0.573 bits per heavy atom. The monoisotopic (exact) mass is 1180 g/mol. The van der Waals surface area contributed by atoms with Gasteiger partial charge in [-0.15, -0.1) is 11.3 Å². The number of hydrogen-bond donors (Lipinski definition) is 2. The molecule has 5 aromatic rings. The quantitative estimate of drug-likeness (QED) is 0.0544. The zero-order valence-electron chi connectivity index (χ0n) is 48.1. The van der Waals surface area contributed by atoms with Gasteiger partial charge in [-0.25, -0.2) is 4.98 Å². The van der Waals surface area contributed by atoms with E-state index in [2.05, 4.69) is 17.1 Å². The molecule has 21 heteroatoms. The Hall–Kier alpha value is -5.48. The Bertz CT molecular complexity index is 3070. The summed E-state index contributed by atoms with van der Waals surface area (Å²) in [5.41, 5.74) is -2.40. The Morgan fingerprint density at radius 2 is 0.939 bits per heavy atom. The highest BCUT2D eigenvalue weighted by atomic mass is 32.1. The first-order chi connectivity index (χ1) is 37.7. The van der Waals surface area contributed by atoms with Gasteiger partial charge in [0.05, 0.1) is 29.9 Å². The lowest BCUT2D eigenvalue weighted by Gasteiger charge is -2.34. The molecule has 0 saturated carbocycles. The van der Waals surface area contributed by atoms with E-state index in [0.29, 0.717) is 61.3 Å². The summed E-state index contributed by atoms with van der Waals surface area (Å²) in [6.07, 6.45) is -20.0. The number of esters is 1. The average molecular weight is 1180 g/mol. The topological polar surface area (TPSA) is 98.1 Å². The molecule has 6 rings (SSSR count). The summed E-state index contributed by atoms with van der Waals surface area (Å²) in [5, 5.41) is 21.5. The van der Waals surface area contributed by atoms with Crippen molar-refractivity contribution >= 4 is 42.0 Å². The molecule has 1 aliphatic heterocycles. The van der Waals surface area contributed by atoms with Crippen LogP contribution in [-0.4, -0.2) is 82.0 Å². The fourth-order valence-electron chi connectivity index (χ4n) is 10.2. The second kappa shape index (κ2) is 24.6. The summed E-state index contributed by atoms with van der Waals surface area (Å²) in [5.74, 6) is -0.342. The van der Waals surface area contributed by atoms with Gasteiger partial charge in [0.1, 0.15) is 5.01 Å². The number of hydrogen-bond acceptors (Lipinski definition) is 8. The Morgan fingerprint density at radius 3 is 1.28 bits per heavy atom. The van der Waals surface area contributed by atoms with Crippen LogP contribution in [0.25, 0.3) is 22.7 Å². The van der Waals surface area contributed by atoms with E-state index in [1.807, 2.05) is 98.9 Å². The predicted octanol–water partition coefficient (Wildman–Crippen LogP) is 16.1. The lowest BCUT2D eigenvalue weighted by Crippen LogP contribution is -2.55. The number of nitrogens with zero attached hydrogens (tertiary/aromatic N) is 1. The van der Waals surface area contributed by atoms with E-state index >= 15 is 0 Å². The zero-order valence-corrected chi connectivity index (χ0v) is 48.9. The van der Waals surface area contributed by atoms with Crippen molar-refractivity contribution < 1.29 is 81.7 Å². The molecule has 2 N–H and O–H groups in total. The van der Waals surface area contributed by atoms with Gasteiger partial charge in [-0.05, 0) is 156 Å². The SMILES string of the molecule is CCC(CC)(c1ccc(/C=C/C(O)(C(F)(F)F)C(F)(F)F)c(C)c1)c1ccc(B2OC(C)(C)C(C)(C)O2)c(C)c1.CCOC(=O)Cc1csc(-c2ccc(C(CC)(CC)c3ccc(/C=C/C(O)(C(F)(F)F)C(F)(F)F)c(C)c3)cc2C)n1. The summed E-state index contributed by atoms with van der Waals surface area (Å²) in [6, 6.07) is 22.0. The first-order valence-corrected chi connectivity index (χ1v) is 27.6. The van der Waals surface area contributed by atoms with E-state index in [9.17, 15) is 67.7 Å². The molecule has 1 saturated heterocycles. The largest absolute Gasteiger partial charge is 0.495 e. The number of aromatic nitrogens is 1. The van der Waals surface area contributed by atoms with Crippen molar-refractivity contribution in [3.05, 3.63) is 152 Å². The molecular weight excluding hydrogens is 1110 g/mol. The third kappa shape index (κ3) is 13.4. The number of ether oxygens (including phenoxy) is 1. The normalized spacial score (nSPS) is 15.6. The van der Waals surface area contributed by atoms with E-state index in [4.69, 9.17) is 14.0 Å². The van der Waals surface area contributed by atoms with Gasteiger partial charge < -0.3 is 24.3 Å². The minimum absolute atomic E-state index is 0.0898. The van der Waals surface area contributed by atoms with Crippen molar-refractivity contribution in [3.8, 4) is 10.6 Å². The number of rotatable bonds is 17. The third-order valence-corrected chi connectivity index (χ3v) is 17.2. The first-order valence-electron chi connectivity index (χ1n) is 26.7. The van der Waals surface area contributed by atoms with Crippen LogP contribution in [0.15, 0.2) is 90.3 Å². The molecule has 82 heavy (non-hydrogen) atoms. The van der Waals surface area contributed by atoms with Gasteiger partial charge in [0.2, 0.25) is 0 Å². The van der Waals surface area contributed by atoms with E-state index in [0.717, 1.165) is 49.4 Å². The standard InChI is InChI=1S/C31H33F6NO3S.C30H37BF6O3/c1-6-28(7-2,22-10-9-21(19(4)15-22)13-14-29(40,30(32,33)34)31(35,36)37)23-11-12-25(20(5)16-23)27-38-24(18-42-27)17-26(39)41-8-3;1-9-27(10-2,23-13-14-24(20(4)18-23)31-39-25(5,6)26(7,8)40-31)22-12-11-21(19(3)17-22)15-16-28(38,29(32,33)34)30(35,36)37/h9-16,18,40H,6-8,17H2,1-5H3;11-18,38H,9-10H2,1-8H3/b14-13+;16-15+. The minimum Gasteiger partial charge on any atom is -0.466 e. The number of carbonyl (C=O) groups is 1. The molecular formula is C61H70BF12NO6S. The van der Waals surface area contributed by atoms with Crippen LogP contribution in [0.4, 0.5) is 52.7 Å². The second-order valence-corrected chi connectivity index (χ2v) is 22.6. The summed E-state index contributed by atoms with van der Waals surface area (Å²) >= 11 is 1.43. The first kappa shape index (κ1) is 67.3. The molecule has 448 valence electrons. The van der Waals surface area contributed by atoms with Gasteiger partial charge in [0.15, 0.2) is 0 Å². The Labute approximate surface area is 476 Å². The Balaban J connectivity index is 0.000000301. The molecule has 0 bridgehead atoms. The van der Waals surface area contributed by atoms with Gasteiger partial charge in [-0.1, -0.05) is 118 Å². The minimum atomic E-state index is -5.93. The highest BCUT2D eigenvalue weighted by Crippen LogP contribution is 2.48. The summed E-state index contributed by atoms with van der Waals surface area (Å²) in [6.45, 7) is 25.3. The third-order valence-electron chi connectivity index (χ3n) is 16.3.